The summed E-state index contributed by atoms with van der Waals surface area (Å²) in [4.78, 5) is 16.5. The molecule has 0 aromatic heterocycles. The van der Waals surface area contributed by atoms with Gasteiger partial charge < -0.3 is 14.4 Å². The molecule has 1 heterocycles. The standard InChI is InChI=1S/C21H22ClF4N3O3S/c1-2-33(31)27-18-6-4-15(12-19(18)32-21(24,25)26)20(30)29-9-7-28(8-10-29)13-14-3-5-17(23)16(22)11-14/h3-6,11-12,27H,2,7-10,13H2,1H3. The Balaban J connectivity index is 1.67. The number of anilines is 1. The van der Waals surface area contributed by atoms with E-state index in [1.165, 1.54) is 23.1 Å². The van der Waals surface area contributed by atoms with E-state index in [0.717, 1.165) is 11.6 Å². The van der Waals surface area contributed by atoms with Gasteiger partial charge in [0.2, 0.25) is 0 Å². The molecule has 0 saturated carbocycles. The third-order valence-electron chi connectivity index (χ3n) is 4.99. The maximum absolute atomic E-state index is 13.3. The number of alkyl halides is 3. The molecule has 1 fully saturated rings. The van der Waals surface area contributed by atoms with Crippen molar-refractivity contribution >= 4 is 34.2 Å². The number of hydrogen-bond donors (Lipinski definition) is 1. The van der Waals surface area contributed by atoms with Crippen molar-refractivity contribution < 1.29 is 31.3 Å². The molecule has 1 N–H and O–H groups in total. The van der Waals surface area contributed by atoms with Gasteiger partial charge in [-0.2, -0.15) is 0 Å². The lowest BCUT2D eigenvalue weighted by Gasteiger charge is -2.35. The first-order chi connectivity index (χ1) is 15.6. The summed E-state index contributed by atoms with van der Waals surface area (Å²) in [6.45, 7) is 3.92. The molecule has 3 rings (SSSR count). The number of rotatable bonds is 7. The molecule has 0 bridgehead atoms. The molecule has 1 atom stereocenters. The fraction of sp³-hybridized carbons (Fsp3) is 0.381. The van der Waals surface area contributed by atoms with Crippen LogP contribution in [-0.2, 0) is 17.5 Å². The van der Waals surface area contributed by atoms with Crippen LogP contribution in [0.4, 0.5) is 23.2 Å². The Bertz CT molecular complexity index is 1030. The van der Waals surface area contributed by atoms with Gasteiger partial charge in [-0.15, -0.1) is 13.2 Å². The van der Waals surface area contributed by atoms with Crippen molar-refractivity contribution in [2.45, 2.75) is 19.8 Å². The second-order valence-electron chi connectivity index (χ2n) is 7.31. The molecule has 2 aromatic carbocycles. The van der Waals surface area contributed by atoms with Gasteiger partial charge in [-0.1, -0.05) is 24.6 Å². The summed E-state index contributed by atoms with van der Waals surface area (Å²) >= 11 is 5.82. The average molecular weight is 508 g/mol. The van der Waals surface area contributed by atoms with Crippen molar-refractivity contribution in [3.8, 4) is 5.75 Å². The maximum Gasteiger partial charge on any atom is 0.573 e. The first-order valence-electron chi connectivity index (χ1n) is 10.1. The van der Waals surface area contributed by atoms with E-state index < -0.39 is 34.8 Å². The lowest BCUT2D eigenvalue weighted by Crippen LogP contribution is -2.48. The molecule has 0 aliphatic carbocycles. The van der Waals surface area contributed by atoms with Gasteiger partial charge in [0, 0.05) is 44.0 Å². The van der Waals surface area contributed by atoms with Crippen molar-refractivity contribution in [2.75, 3.05) is 36.7 Å². The summed E-state index contributed by atoms with van der Waals surface area (Å²) in [7, 11) is -1.59. The van der Waals surface area contributed by atoms with E-state index in [2.05, 4.69) is 14.4 Å². The van der Waals surface area contributed by atoms with Crippen LogP contribution in [0.1, 0.15) is 22.8 Å². The van der Waals surface area contributed by atoms with Crippen LogP contribution in [0.3, 0.4) is 0 Å². The zero-order chi connectivity index (χ0) is 24.2. The summed E-state index contributed by atoms with van der Waals surface area (Å²) in [6.07, 6.45) is -4.97. The largest absolute Gasteiger partial charge is 0.573 e. The van der Waals surface area contributed by atoms with Crippen LogP contribution in [0.2, 0.25) is 5.02 Å². The van der Waals surface area contributed by atoms with Gasteiger partial charge in [-0.05, 0) is 35.9 Å². The molecular weight excluding hydrogens is 486 g/mol. The van der Waals surface area contributed by atoms with Gasteiger partial charge in [0.25, 0.3) is 5.91 Å². The third-order valence-corrected chi connectivity index (χ3v) is 6.25. The van der Waals surface area contributed by atoms with Crippen LogP contribution in [0.5, 0.6) is 5.75 Å². The molecule has 2 aromatic rings. The fourth-order valence-electron chi connectivity index (χ4n) is 3.33. The number of piperazine rings is 1. The van der Waals surface area contributed by atoms with E-state index in [9.17, 15) is 26.6 Å². The normalized spacial score (nSPS) is 15.9. The number of carbonyl (C=O) groups is 1. The van der Waals surface area contributed by atoms with Crippen LogP contribution >= 0.6 is 11.6 Å². The number of halogens is 5. The van der Waals surface area contributed by atoms with Crippen LogP contribution < -0.4 is 9.46 Å². The molecule has 180 valence electrons. The molecule has 1 aliphatic heterocycles. The second kappa shape index (κ2) is 10.7. The average Bonchev–Trinajstić information content (AvgIpc) is 2.76. The summed E-state index contributed by atoms with van der Waals surface area (Å²) in [5.41, 5.74) is 0.746. The molecule has 1 saturated heterocycles. The zero-order valence-corrected chi connectivity index (χ0v) is 19.2. The summed E-state index contributed by atoms with van der Waals surface area (Å²) in [6, 6.07) is 8.11. The number of carbonyl (C=O) groups excluding carboxylic acids is 1. The SMILES string of the molecule is CCS(=O)Nc1ccc(C(=O)N2CCN(Cc3ccc(F)c(Cl)c3)CC2)cc1OC(F)(F)F. The first kappa shape index (κ1) is 25.3. The molecule has 12 heteroatoms. The number of hydrogen-bond acceptors (Lipinski definition) is 4. The van der Waals surface area contributed by atoms with Gasteiger partial charge in [0.05, 0.1) is 10.7 Å². The second-order valence-corrected chi connectivity index (χ2v) is 9.19. The summed E-state index contributed by atoms with van der Waals surface area (Å²) < 4.78 is 70.1. The minimum atomic E-state index is -4.97. The molecule has 0 spiro atoms. The van der Waals surface area contributed by atoms with Gasteiger partial charge in [-0.25, -0.2) is 8.60 Å². The monoisotopic (exact) mass is 507 g/mol. The van der Waals surface area contributed by atoms with Crippen LogP contribution in [0.15, 0.2) is 36.4 Å². The number of nitrogens with one attached hydrogen (secondary N) is 1. The predicted octanol–water partition coefficient (Wildman–Crippen LogP) is 4.43. The van der Waals surface area contributed by atoms with Gasteiger partial charge in [0.1, 0.15) is 16.8 Å². The van der Waals surface area contributed by atoms with Crippen LogP contribution in [0, 0.1) is 5.82 Å². The zero-order valence-electron chi connectivity index (χ0n) is 17.6. The van der Waals surface area contributed by atoms with Crippen LogP contribution in [-0.4, -0.2) is 58.2 Å². The van der Waals surface area contributed by atoms with Gasteiger partial charge >= 0.3 is 6.36 Å². The Kier molecular flexibility index (Phi) is 8.19. The Morgan fingerprint density at radius 2 is 1.85 bits per heavy atom. The Morgan fingerprint density at radius 3 is 2.45 bits per heavy atom. The molecule has 0 radical (unpaired) electrons. The Hall–Kier alpha value is -2.37. The summed E-state index contributed by atoms with van der Waals surface area (Å²) in [5.74, 6) is -1.37. The van der Waals surface area contributed by atoms with Crippen molar-refractivity contribution in [3.05, 3.63) is 58.4 Å². The third kappa shape index (κ3) is 7.05. The van der Waals surface area contributed by atoms with E-state index in [0.29, 0.717) is 32.7 Å². The smallest absolute Gasteiger partial charge is 0.404 e. The van der Waals surface area contributed by atoms with E-state index in [-0.39, 0.29) is 22.0 Å². The highest BCUT2D eigenvalue weighted by Gasteiger charge is 2.33. The lowest BCUT2D eigenvalue weighted by atomic mass is 10.1. The highest BCUT2D eigenvalue weighted by molar-refractivity contribution is 7.86. The van der Waals surface area contributed by atoms with Crippen molar-refractivity contribution in [1.29, 1.82) is 0 Å². The quantitative estimate of drug-likeness (QED) is 0.563. The van der Waals surface area contributed by atoms with E-state index in [4.69, 9.17) is 11.6 Å². The minimum Gasteiger partial charge on any atom is -0.404 e. The molecular formula is C21H22ClF4N3O3S. The molecule has 1 aliphatic rings. The number of ether oxygens (including phenoxy) is 1. The van der Waals surface area contributed by atoms with Gasteiger partial charge in [0.15, 0.2) is 5.75 Å². The minimum absolute atomic E-state index is 0.0286. The van der Waals surface area contributed by atoms with Crippen molar-refractivity contribution in [1.82, 2.24) is 9.80 Å². The van der Waals surface area contributed by atoms with Gasteiger partial charge in [-0.3, -0.25) is 9.69 Å². The molecule has 1 amide bonds. The number of amides is 1. The Labute approximate surface area is 196 Å². The maximum atomic E-state index is 13.3. The molecule has 6 nitrogen and oxygen atoms in total. The van der Waals surface area contributed by atoms with E-state index >= 15 is 0 Å². The van der Waals surface area contributed by atoms with Crippen molar-refractivity contribution in [2.24, 2.45) is 0 Å². The summed E-state index contributed by atoms with van der Waals surface area (Å²) in [5, 5.41) is 0.0406. The van der Waals surface area contributed by atoms with E-state index in [1.807, 2.05) is 0 Å². The molecule has 1 unspecified atom stereocenters. The van der Waals surface area contributed by atoms with Crippen LogP contribution in [0.25, 0.3) is 0 Å². The lowest BCUT2D eigenvalue weighted by molar-refractivity contribution is -0.274. The topological polar surface area (TPSA) is 61.9 Å². The predicted molar refractivity (Wildman–Crippen MR) is 118 cm³/mol. The fourth-order valence-corrected chi connectivity index (χ4v) is 4.09. The van der Waals surface area contributed by atoms with E-state index in [1.54, 1.807) is 19.1 Å². The highest BCUT2D eigenvalue weighted by atomic mass is 35.5. The van der Waals surface area contributed by atoms with Crippen molar-refractivity contribution in [3.63, 3.8) is 0 Å². The Morgan fingerprint density at radius 1 is 1.15 bits per heavy atom. The highest BCUT2D eigenvalue weighted by Crippen LogP contribution is 2.32. The number of benzene rings is 2. The number of nitrogens with zero attached hydrogens (tertiary/aromatic N) is 2. The first-order valence-corrected chi connectivity index (χ1v) is 11.8. The molecule has 33 heavy (non-hydrogen) atoms.